The minimum atomic E-state index is 0.445. The van der Waals surface area contributed by atoms with Crippen molar-refractivity contribution in [3.8, 4) is 78.8 Å². The van der Waals surface area contributed by atoms with Crippen LogP contribution < -0.4 is 0 Å². The Bertz CT molecular complexity index is 3360. The van der Waals surface area contributed by atoms with Crippen LogP contribution in [0.2, 0.25) is 0 Å². The molecular formula is C61H47N5. The van der Waals surface area contributed by atoms with E-state index in [2.05, 4.69) is 190 Å². The molecule has 0 N–H and O–H groups in total. The Kier molecular flexibility index (Phi) is 10.9. The average molecular weight is 850 g/mol. The quantitative estimate of drug-likeness (QED) is 0.145. The first-order chi connectivity index (χ1) is 32.5. The van der Waals surface area contributed by atoms with Crippen LogP contribution in [0, 0.1) is 11.8 Å². The van der Waals surface area contributed by atoms with Gasteiger partial charge in [0.15, 0.2) is 23.3 Å². The van der Waals surface area contributed by atoms with E-state index in [1.807, 2.05) is 36.4 Å². The fraction of sp³-hybridized carbons (Fsp3) is 0.0984. The van der Waals surface area contributed by atoms with Gasteiger partial charge in [-0.15, -0.1) is 0 Å². The fourth-order valence-electron chi connectivity index (χ4n) is 9.17. The largest absolute Gasteiger partial charge is 0.228 e. The van der Waals surface area contributed by atoms with Crippen molar-refractivity contribution < 1.29 is 0 Å². The molecule has 2 aromatic heterocycles. The highest BCUT2D eigenvalue weighted by atomic mass is 15.0. The van der Waals surface area contributed by atoms with Crippen molar-refractivity contribution in [2.45, 2.75) is 26.7 Å². The number of nitrogens with zero attached hydrogens (tertiary/aromatic N) is 5. The first kappa shape index (κ1) is 40.6. The number of hydrogen-bond donors (Lipinski definition) is 0. The highest BCUT2D eigenvalue weighted by molar-refractivity contribution is 6.06. The van der Waals surface area contributed by atoms with Gasteiger partial charge in [-0.3, -0.25) is 0 Å². The maximum Gasteiger partial charge on any atom is 0.164 e. The summed E-state index contributed by atoms with van der Waals surface area (Å²) in [6, 6.07) is 61.8. The van der Waals surface area contributed by atoms with Crippen molar-refractivity contribution in [3.63, 3.8) is 0 Å². The molecule has 0 saturated heterocycles. The van der Waals surface area contributed by atoms with Gasteiger partial charge in [0.1, 0.15) is 0 Å². The summed E-state index contributed by atoms with van der Waals surface area (Å²) in [5.74, 6) is 3.60. The number of fused-ring (bicyclic) bond motifs is 1. The Morgan fingerprint density at radius 2 is 0.970 bits per heavy atom. The Labute approximate surface area is 386 Å². The second kappa shape index (κ2) is 17.8. The highest BCUT2D eigenvalue weighted by Crippen LogP contribution is 2.39. The Hall–Kier alpha value is -8.15. The Morgan fingerprint density at radius 3 is 1.67 bits per heavy atom. The van der Waals surface area contributed by atoms with Crippen LogP contribution in [0.15, 0.2) is 212 Å². The third-order valence-corrected chi connectivity index (χ3v) is 12.6. The van der Waals surface area contributed by atoms with E-state index in [1.165, 1.54) is 21.9 Å². The van der Waals surface area contributed by atoms with E-state index in [0.717, 1.165) is 85.7 Å². The molecule has 0 bridgehead atoms. The molecule has 2 aliphatic rings. The minimum absolute atomic E-state index is 0.445. The third kappa shape index (κ3) is 8.35. The summed E-state index contributed by atoms with van der Waals surface area (Å²) in [5, 5.41) is 2.36. The second-order valence-corrected chi connectivity index (χ2v) is 17.4. The zero-order valence-electron chi connectivity index (χ0n) is 37.0. The number of hydrogen-bond acceptors (Lipinski definition) is 5. The lowest BCUT2D eigenvalue weighted by Crippen LogP contribution is -2.06. The predicted molar refractivity (Wildman–Crippen MR) is 273 cm³/mol. The molecule has 11 rings (SSSR count). The van der Waals surface area contributed by atoms with Crippen LogP contribution in [-0.2, 0) is 0 Å². The number of allylic oxidation sites excluding steroid dienone is 8. The first-order valence-electron chi connectivity index (χ1n) is 22.9. The summed E-state index contributed by atoms with van der Waals surface area (Å²) < 4.78 is 0. The van der Waals surface area contributed by atoms with E-state index < -0.39 is 0 Å². The van der Waals surface area contributed by atoms with Crippen LogP contribution in [0.1, 0.15) is 38.2 Å². The molecule has 0 spiro atoms. The lowest BCUT2D eigenvalue weighted by Gasteiger charge is -2.17. The Morgan fingerprint density at radius 1 is 0.424 bits per heavy atom. The number of aromatic nitrogens is 5. The standard InChI is InChI=1S/C61H47N5/c1-40-14-9-23-50(36-40)56-39-55(62-60(63-56)51-24-10-15-41(2)37-51)45-32-30-44(31-33-45)53-26-12-20-46-21-13-27-54(57(46)53)49-22-11-25-52(38-49)61-65-58(47-18-7-4-8-19-47)64-59(66-61)48-34-28-43(29-35-48)42-16-5-3-6-17-42/h3-13,15-36,38-41H,14,37H2,1-2H3. The van der Waals surface area contributed by atoms with Gasteiger partial charge in [0, 0.05) is 22.3 Å². The molecule has 9 aromatic rings. The van der Waals surface area contributed by atoms with E-state index in [4.69, 9.17) is 24.9 Å². The van der Waals surface area contributed by atoms with Crippen molar-refractivity contribution in [1.82, 2.24) is 24.9 Å². The molecule has 0 saturated carbocycles. The van der Waals surface area contributed by atoms with Crippen LogP contribution >= 0.6 is 0 Å². The van der Waals surface area contributed by atoms with Crippen molar-refractivity contribution in [1.29, 1.82) is 0 Å². The van der Waals surface area contributed by atoms with Crippen LogP contribution in [0.4, 0.5) is 0 Å². The summed E-state index contributed by atoms with van der Waals surface area (Å²) in [7, 11) is 0. The van der Waals surface area contributed by atoms with Gasteiger partial charge in [0.05, 0.1) is 11.4 Å². The fourth-order valence-corrected chi connectivity index (χ4v) is 9.17. The molecule has 316 valence electrons. The van der Waals surface area contributed by atoms with E-state index in [9.17, 15) is 0 Å². The summed E-state index contributed by atoms with van der Waals surface area (Å²) in [6.07, 6.45) is 15.3. The third-order valence-electron chi connectivity index (χ3n) is 12.6. The van der Waals surface area contributed by atoms with Crippen LogP contribution in [0.5, 0.6) is 0 Å². The molecular weight excluding hydrogens is 803 g/mol. The first-order valence-corrected chi connectivity index (χ1v) is 22.9. The van der Waals surface area contributed by atoms with Gasteiger partial charge in [-0.05, 0) is 92.1 Å². The van der Waals surface area contributed by atoms with Crippen molar-refractivity contribution in [2.75, 3.05) is 0 Å². The van der Waals surface area contributed by atoms with Gasteiger partial charge in [0.2, 0.25) is 0 Å². The average Bonchev–Trinajstić information content (AvgIpc) is 3.38. The van der Waals surface area contributed by atoms with E-state index in [0.29, 0.717) is 29.3 Å². The SMILES string of the molecule is CC1C=C(c2cc(-c3ccc(-c4cccc5cccc(-c6cccc(-c7nc(-c8ccccc8)nc(-c8ccc(-c9ccccc9)cc8)n7)c6)c45)cc3)nc(C3=CC=CC(C)C3)n2)C=CC1. The number of benzene rings is 7. The van der Waals surface area contributed by atoms with Crippen LogP contribution in [0.25, 0.3) is 101 Å². The predicted octanol–water partition coefficient (Wildman–Crippen LogP) is 15.4. The normalized spacial score (nSPS) is 15.7. The van der Waals surface area contributed by atoms with Crippen LogP contribution in [0.3, 0.4) is 0 Å². The van der Waals surface area contributed by atoms with Gasteiger partial charge < -0.3 is 0 Å². The van der Waals surface area contributed by atoms with Crippen molar-refractivity contribution in [3.05, 3.63) is 224 Å². The van der Waals surface area contributed by atoms with Gasteiger partial charge in [-0.1, -0.05) is 214 Å². The topological polar surface area (TPSA) is 64.5 Å². The molecule has 0 radical (unpaired) electrons. The molecule has 66 heavy (non-hydrogen) atoms. The van der Waals surface area contributed by atoms with Gasteiger partial charge in [-0.25, -0.2) is 24.9 Å². The maximum absolute atomic E-state index is 5.20. The monoisotopic (exact) mass is 849 g/mol. The zero-order valence-corrected chi connectivity index (χ0v) is 37.0. The lowest BCUT2D eigenvalue weighted by atomic mass is 9.90. The molecule has 2 unspecified atom stereocenters. The summed E-state index contributed by atoms with van der Waals surface area (Å²) in [5.41, 5.74) is 14.9. The van der Waals surface area contributed by atoms with Gasteiger partial charge in [-0.2, -0.15) is 0 Å². The molecule has 7 aromatic carbocycles. The molecule has 5 heteroatoms. The zero-order chi connectivity index (χ0) is 44.4. The number of rotatable bonds is 9. The molecule has 2 atom stereocenters. The highest BCUT2D eigenvalue weighted by Gasteiger charge is 2.19. The lowest BCUT2D eigenvalue weighted by molar-refractivity contribution is 0.738. The van der Waals surface area contributed by atoms with Crippen LogP contribution in [-0.4, -0.2) is 24.9 Å². The second-order valence-electron chi connectivity index (χ2n) is 17.4. The van der Waals surface area contributed by atoms with E-state index >= 15 is 0 Å². The van der Waals surface area contributed by atoms with E-state index in [-0.39, 0.29) is 0 Å². The smallest absolute Gasteiger partial charge is 0.164 e. The minimum Gasteiger partial charge on any atom is -0.228 e. The Balaban J connectivity index is 0.965. The summed E-state index contributed by atoms with van der Waals surface area (Å²) >= 11 is 0. The molecule has 0 amide bonds. The summed E-state index contributed by atoms with van der Waals surface area (Å²) in [6.45, 7) is 4.51. The summed E-state index contributed by atoms with van der Waals surface area (Å²) in [4.78, 5) is 25.6. The van der Waals surface area contributed by atoms with Crippen molar-refractivity contribution >= 4 is 21.9 Å². The molecule has 0 aliphatic heterocycles. The molecule has 0 fully saturated rings. The molecule has 2 heterocycles. The maximum atomic E-state index is 5.20. The van der Waals surface area contributed by atoms with Gasteiger partial charge >= 0.3 is 0 Å². The van der Waals surface area contributed by atoms with Crippen molar-refractivity contribution in [2.24, 2.45) is 11.8 Å². The van der Waals surface area contributed by atoms with E-state index in [1.54, 1.807) is 0 Å². The molecule has 2 aliphatic carbocycles. The van der Waals surface area contributed by atoms with Gasteiger partial charge in [0.25, 0.3) is 0 Å². The molecule has 5 nitrogen and oxygen atoms in total.